The van der Waals surface area contributed by atoms with Crippen molar-refractivity contribution in [2.45, 2.75) is 24.3 Å². The molecule has 1 atom stereocenters. The molecule has 1 aromatic carbocycles. The normalized spacial score (nSPS) is 12.4. The van der Waals surface area contributed by atoms with Crippen molar-refractivity contribution < 1.29 is 14.3 Å². The molecule has 17 heavy (non-hydrogen) atoms. The maximum Gasteiger partial charge on any atom is 0.338 e. The first kappa shape index (κ1) is 14.0. The number of hydrogen-bond acceptors (Lipinski definition) is 3. The Bertz CT molecular complexity index is 398. The van der Waals surface area contributed by atoms with Gasteiger partial charge in [0, 0.05) is 11.0 Å². The van der Waals surface area contributed by atoms with Crippen molar-refractivity contribution in [2.24, 2.45) is 5.73 Å². The highest BCUT2D eigenvalue weighted by atomic mass is 32.2. The Morgan fingerprint density at radius 3 is 2.82 bits per heavy atom. The van der Waals surface area contributed by atoms with Crippen molar-refractivity contribution in [1.29, 1.82) is 0 Å². The van der Waals surface area contributed by atoms with Crippen LogP contribution in [0, 0.1) is 5.82 Å². The maximum atomic E-state index is 13.4. The van der Waals surface area contributed by atoms with Crippen molar-refractivity contribution >= 4 is 17.7 Å². The average molecular weight is 257 g/mol. The number of rotatable bonds is 6. The molecule has 94 valence electrons. The summed E-state index contributed by atoms with van der Waals surface area (Å²) in [5.74, 6) is -1.25. The van der Waals surface area contributed by atoms with Crippen LogP contribution in [0.2, 0.25) is 0 Å². The molecular weight excluding hydrogens is 241 g/mol. The third-order valence-corrected chi connectivity index (χ3v) is 3.68. The molecule has 0 aliphatic rings. The van der Waals surface area contributed by atoms with E-state index in [1.54, 1.807) is 17.8 Å². The molecule has 0 fully saturated rings. The van der Waals surface area contributed by atoms with Crippen molar-refractivity contribution in [2.75, 3.05) is 6.54 Å². The fourth-order valence-electron chi connectivity index (χ4n) is 1.38. The summed E-state index contributed by atoms with van der Waals surface area (Å²) in [7, 11) is 0. The number of carboxylic acids is 1. The lowest BCUT2D eigenvalue weighted by atomic mass is 10.1. The van der Waals surface area contributed by atoms with Crippen LogP contribution >= 0.6 is 11.8 Å². The molecule has 0 saturated heterocycles. The fourth-order valence-corrected chi connectivity index (χ4v) is 2.34. The molecule has 0 aliphatic carbocycles. The quantitative estimate of drug-likeness (QED) is 0.822. The van der Waals surface area contributed by atoms with Gasteiger partial charge in [0.2, 0.25) is 0 Å². The fraction of sp³-hybridized carbons (Fsp3) is 0.417. The third-order valence-electron chi connectivity index (χ3n) is 2.37. The molecule has 5 heteroatoms. The highest BCUT2D eigenvalue weighted by Gasteiger charge is 2.10. The monoisotopic (exact) mass is 257 g/mol. The molecule has 1 aromatic rings. The molecular formula is C12H16FNO2S. The van der Waals surface area contributed by atoms with Gasteiger partial charge >= 0.3 is 5.97 Å². The van der Waals surface area contributed by atoms with Crippen molar-refractivity contribution in [3.63, 3.8) is 0 Å². The van der Waals surface area contributed by atoms with Crippen LogP contribution in [0.5, 0.6) is 0 Å². The highest BCUT2D eigenvalue weighted by molar-refractivity contribution is 7.99. The van der Waals surface area contributed by atoms with Crippen LogP contribution in [0.1, 0.15) is 29.3 Å². The Hall–Kier alpha value is -1.07. The minimum Gasteiger partial charge on any atom is -0.478 e. The first-order valence-corrected chi connectivity index (χ1v) is 6.43. The summed E-state index contributed by atoms with van der Waals surface area (Å²) in [5.41, 5.74) is 5.95. The van der Waals surface area contributed by atoms with E-state index in [2.05, 4.69) is 6.92 Å². The van der Waals surface area contributed by atoms with Gasteiger partial charge in [0.1, 0.15) is 5.82 Å². The zero-order chi connectivity index (χ0) is 12.8. The standard InChI is InChI=1S/C12H16FNO2S/c1-8(4-5-14)17-7-9-2-3-10(12(15)16)11(13)6-9/h2-3,6,8H,4-5,7,14H2,1H3,(H,15,16). The van der Waals surface area contributed by atoms with Crippen LogP contribution in [0.25, 0.3) is 0 Å². The molecule has 0 aliphatic heterocycles. The lowest BCUT2D eigenvalue weighted by Gasteiger charge is -2.09. The average Bonchev–Trinajstić information content (AvgIpc) is 2.26. The number of halogens is 1. The van der Waals surface area contributed by atoms with E-state index in [1.807, 2.05) is 0 Å². The molecule has 1 rings (SSSR count). The van der Waals surface area contributed by atoms with E-state index in [-0.39, 0.29) is 5.56 Å². The smallest absolute Gasteiger partial charge is 0.338 e. The summed E-state index contributed by atoms with van der Waals surface area (Å²) in [5, 5.41) is 9.10. The largest absolute Gasteiger partial charge is 0.478 e. The van der Waals surface area contributed by atoms with Gasteiger partial charge in [-0.05, 0) is 30.7 Å². The summed E-state index contributed by atoms with van der Waals surface area (Å²) < 4.78 is 13.4. The molecule has 0 bridgehead atoms. The maximum absolute atomic E-state index is 13.4. The minimum absolute atomic E-state index is 0.284. The third kappa shape index (κ3) is 4.36. The summed E-state index contributed by atoms with van der Waals surface area (Å²) in [6, 6.07) is 4.24. The van der Waals surface area contributed by atoms with E-state index in [1.165, 1.54) is 12.1 Å². The lowest BCUT2D eigenvalue weighted by molar-refractivity contribution is 0.0692. The predicted molar refractivity (Wildman–Crippen MR) is 67.8 cm³/mol. The molecule has 0 saturated carbocycles. The van der Waals surface area contributed by atoms with Crippen molar-refractivity contribution in [1.82, 2.24) is 0 Å². The first-order chi connectivity index (χ1) is 8.04. The number of hydrogen-bond donors (Lipinski definition) is 2. The Balaban J connectivity index is 2.62. The Morgan fingerprint density at radius 2 is 2.29 bits per heavy atom. The van der Waals surface area contributed by atoms with Gasteiger partial charge in [-0.25, -0.2) is 9.18 Å². The van der Waals surface area contributed by atoms with Crippen LogP contribution in [0.3, 0.4) is 0 Å². The van der Waals surface area contributed by atoms with Gasteiger partial charge in [-0.3, -0.25) is 0 Å². The van der Waals surface area contributed by atoms with E-state index in [0.717, 1.165) is 12.0 Å². The second-order valence-corrected chi connectivity index (χ2v) is 5.25. The second kappa shape index (κ2) is 6.61. The van der Waals surface area contributed by atoms with E-state index >= 15 is 0 Å². The molecule has 0 spiro atoms. The van der Waals surface area contributed by atoms with E-state index in [0.29, 0.717) is 17.5 Å². The number of carbonyl (C=O) groups is 1. The molecule has 0 heterocycles. The summed E-state index contributed by atoms with van der Waals surface area (Å²) >= 11 is 1.68. The SMILES string of the molecule is CC(CCN)SCc1ccc(C(=O)O)c(F)c1. The molecule has 0 aromatic heterocycles. The van der Waals surface area contributed by atoms with Crippen LogP contribution in [0.15, 0.2) is 18.2 Å². The summed E-state index contributed by atoms with van der Waals surface area (Å²) in [6.45, 7) is 2.71. The second-order valence-electron chi connectivity index (χ2n) is 3.82. The van der Waals surface area contributed by atoms with Gasteiger partial charge in [-0.2, -0.15) is 11.8 Å². The summed E-state index contributed by atoms with van der Waals surface area (Å²) in [6.07, 6.45) is 0.917. The summed E-state index contributed by atoms with van der Waals surface area (Å²) in [4.78, 5) is 10.6. The number of carboxylic acid groups (broad SMARTS) is 1. The van der Waals surface area contributed by atoms with E-state index < -0.39 is 11.8 Å². The number of thioether (sulfide) groups is 1. The van der Waals surface area contributed by atoms with Gasteiger partial charge in [0.25, 0.3) is 0 Å². The molecule has 0 amide bonds. The highest BCUT2D eigenvalue weighted by Crippen LogP contribution is 2.21. The first-order valence-electron chi connectivity index (χ1n) is 5.38. The Labute approximate surface area is 104 Å². The number of benzene rings is 1. The topological polar surface area (TPSA) is 63.3 Å². The van der Waals surface area contributed by atoms with Crippen LogP contribution in [-0.2, 0) is 5.75 Å². The van der Waals surface area contributed by atoms with E-state index in [4.69, 9.17) is 10.8 Å². The van der Waals surface area contributed by atoms with E-state index in [9.17, 15) is 9.18 Å². The van der Waals surface area contributed by atoms with Crippen molar-refractivity contribution in [3.8, 4) is 0 Å². The van der Waals surface area contributed by atoms with Gasteiger partial charge in [-0.15, -0.1) is 0 Å². The zero-order valence-corrected chi connectivity index (χ0v) is 10.5. The van der Waals surface area contributed by atoms with Crippen LogP contribution < -0.4 is 5.73 Å². The number of aromatic carboxylic acids is 1. The Kier molecular flexibility index (Phi) is 5.44. The van der Waals surface area contributed by atoms with Gasteiger partial charge in [-0.1, -0.05) is 13.0 Å². The Morgan fingerprint density at radius 1 is 1.59 bits per heavy atom. The molecule has 3 nitrogen and oxygen atoms in total. The van der Waals surface area contributed by atoms with Gasteiger partial charge < -0.3 is 10.8 Å². The van der Waals surface area contributed by atoms with Crippen LogP contribution in [-0.4, -0.2) is 22.9 Å². The van der Waals surface area contributed by atoms with Crippen molar-refractivity contribution in [3.05, 3.63) is 35.1 Å². The molecule has 1 unspecified atom stereocenters. The molecule has 0 radical (unpaired) electrons. The zero-order valence-electron chi connectivity index (χ0n) is 9.65. The lowest BCUT2D eigenvalue weighted by Crippen LogP contribution is -2.07. The predicted octanol–water partition coefficient (Wildman–Crippen LogP) is 2.49. The molecule has 3 N–H and O–H groups in total. The van der Waals surface area contributed by atoms with Crippen LogP contribution in [0.4, 0.5) is 4.39 Å². The minimum atomic E-state index is -1.24. The van der Waals surface area contributed by atoms with Gasteiger partial charge in [0.15, 0.2) is 0 Å². The van der Waals surface area contributed by atoms with Gasteiger partial charge in [0.05, 0.1) is 5.56 Å². The number of nitrogens with two attached hydrogens (primary N) is 1.